The van der Waals surface area contributed by atoms with Crippen LogP contribution in [-0.2, 0) is 16.4 Å². The highest BCUT2D eigenvalue weighted by atomic mass is 32.2. The molecule has 1 saturated heterocycles. The summed E-state index contributed by atoms with van der Waals surface area (Å²) in [5.41, 5.74) is 0.192. The molecular formula is C17H19F4N3O3S. The molecule has 1 atom stereocenters. The van der Waals surface area contributed by atoms with E-state index in [-0.39, 0.29) is 42.7 Å². The molecule has 6 nitrogen and oxygen atoms in total. The number of alkyl halides is 3. The van der Waals surface area contributed by atoms with Gasteiger partial charge in [0.15, 0.2) is 0 Å². The van der Waals surface area contributed by atoms with E-state index < -0.39 is 34.2 Å². The molecule has 11 heteroatoms. The van der Waals surface area contributed by atoms with Gasteiger partial charge in [-0.2, -0.15) is 18.2 Å². The minimum Gasteiger partial charge on any atom is -0.339 e. The fourth-order valence-electron chi connectivity index (χ4n) is 3.16. The number of aromatic nitrogens is 2. The van der Waals surface area contributed by atoms with Crippen molar-refractivity contribution in [3.63, 3.8) is 0 Å². The van der Waals surface area contributed by atoms with Crippen LogP contribution in [0, 0.1) is 11.7 Å². The number of rotatable bonds is 6. The number of benzene rings is 1. The van der Waals surface area contributed by atoms with Gasteiger partial charge in [-0.05, 0) is 30.9 Å². The van der Waals surface area contributed by atoms with Crippen LogP contribution in [0.5, 0.6) is 0 Å². The second-order valence-corrected chi connectivity index (χ2v) is 8.83. The molecule has 0 amide bonds. The van der Waals surface area contributed by atoms with Gasteiger partial charge in [-0.3, -0.25) is 0 Å². The number of hydrogen-bond acceptors (Lipinski definition) is 5. The fraction of sp³-hybridized carbons (Fsp3) is 0.529. The van der Waals surface area contributed by atoms with Crippen LogP contribution in [0.1, 0.15) is 25.2 Å². The van der Waals surface area contributed by atoms with E-state index in [0.717, 1.165) is 4.31 Å². The van der Waals surface area contributed by atoms with Crippen molar-refractivity contribution < 1.29 is 30.5 Å². The predicted octanol–water partition coefficient (Wildman–Crippen LogP) is 3.41. The lowest BCUT2D eigenvalue weighted by Gasteiger charge is -2.31. The Kier molecular flexibility index (Phi) is 6.04. The third-order valence-electron chi connectivity index (χ3n) is 4.56. The molecule has 0 aliphatic carbocycles. The first-order valence-corrected chi connectivity index (χ1v) is 10.4. The first-order valence-electron chi connectivity index (χ1n) is 8.76. The minimum atomic E-state index is -4.52. The summed E-state index contributed by atoms with van der Waals surface area (Å²) in [5, 5.41) is 3.75. The molecule has 2 heterocycles. The van der Waals surface area contributed by atoms with Gasteiger partial charge >= 0.3 is 6.18 Å². The van der Waals surface area contributed by atoms with Crippen molar-refractivity contribution in [2.75, 3.05) is 18.8 Å². The second-order valence-electron chi connectivity index (χ2n) is 6.74. The van der Waals surface area contributed by atoms with Gasteiger partial charge < -0.3 is 4.52 Å². The number of sulfonamides is 1. The first kappa shape index (κ1) is 20.7. The molecule has 1 aromatic heterocycles. The lowest BCUT2D eigenvalue weighted by atomic mass is 9.96. The summed E-state index contributed by atoms with van der Waals surface area (Å²) in [6.07, 6.45) is -4.40. The number of hydrogen-bond donors (Lipinski definition) is 0. The van der Waals surface area contributed by atoms with E-state index in [0.29, 0.717) is 12.8 Å². The van der Waals surface area contributed by atoms with Crippen LogP contribution in [0.3, 0.4) is 0 Å². The predicted molar refractivity (Wildman–Crippen MR) is 92.2 cm³/mol. The first-order chi connectivity index (χ1) is 13.1. The van der Waals surface area contributed by atoms with Crippen LogP contribution in [0.4, 0.5) is 17.6 Å². The highest BCUT2D eigenvalue weighted by Gasteiger charge is 2.34. The number of piperidine rings is 1. The molecule has 0 radical (unpaired) electrons. The Morgan fingerprint density at radius 1 is 1.25 bits per heavy atom. The summed E-state index contributed by atoms with van der Waals surface area (Å²) in [7, 11) is -3.99. The van der Waals surface area contributed by atoms with Crippen molar-refractivity contribution in [1.82, 2.24) is 14.4 Å². The van der Waals surface area contributed by atoms with Gasteiger partial charge in [0, 0.05) is 19.5 Å². The van der Waals surface area contributed by atoms with Gasteiger partial charge in [-0.25, -0.2) is 17.1 Å². The maximum atomic E-state index is 13.8. The topological polar surface area (TPSA) is 76.3 Å². The van der Waals surface area contributed by atoms with Crippen molar-refractivity contribution >= 4 is 10.0 Å². The van der Waals surface area contributed by atoms with Crippen LogP contribution in [0.25, 0.3) is 11.4 Å². The maximum absolute atomic E-state index is 13.8. The normalized spacial score (nSPS) is 19.1. The minimum absolute atomic E-state index is 0.0948. The quantitative estimate of drug-likeness (QED) is 0.668. The summed E-state index contributed by atoms with van der Waals surface area (Å²) in [6, 6.07) is 5.96. The van der Waals surface area contributed by atoms with Crippen molar-refractivity contribution in [1.29, 1.82) is 0 Å². The van der Waals surface area contributed by atoms with E-state index in [1.807, 2.05) is 0 Å². The zero-order valence-electron chi connectivity index (χ0n) is 14.8. The second kappa shape index (κ2) is 8.16. The Labute approximate surface area is 159 Å². The Hall–Kier alpha value is -2.01. The van der Waals surface area contributed by atoms with Gasteiger partial charge in [-0.15, -0.1) is 0 Å². The molecule has 1 aliphatic heterocycles. The van der Waals surface area contributed by atoms with Crippen molar-refractivity contribution in [3.8, 4) is 11.4 Å². The molecule has 1 aliphatic rings. The largest absolute Gasteiger partial charge is 0.390 e. The molecule has 0 N–H and O–H groups in total. The Bertz CT molecular complexity index is 914. The average Bonchev–Trinajstić information content (AvgIpc) is 3.08. The van der Waals surface area contributed by atoms with E-state index in [9.17, 15) is 26.0 Å². The summed E-state index contributed by atoms with van der Waals surface area (Å²) in [5.74, 6) is -1.28. The van der Waals surface area contributed by atoms with Crippen LogP contribution in [0.15, 0.2) is 28.8 Å². The van der Waals surface area contributed by atoms with Crippen LogP contribution in [0.2, 0.25) is 0 Å². The zero-order valence-corrected chi connectivity index (χ0v) is 15.6. The third-order valence-corrected chi connectivity index (χ3v) is 6.40. The van der Waals surface area contributed by atoms with Gasteiger partial charge in [0.05, 0.1) is 17.7 Å². The molecule has 0 saturated carbocycles. The molecule has 1 unspecified atom stereocenters. The lowest BCUT2D eigenvalue weighted by molar-refractivity contribution is -0.130. The molecule has 1 fully saturated rings. The molecule has 0 bridgehead atoms. The third kappa shape index (κ3) is 5.28. The van der Waals surface area contributed by atoms with Gasteiger partial charge in [0.25, 0.3) is 0 Å². The molecule has 154 valence electrons. The van der Waals surface area contributed by atoms with Crippen LogP contribution < -0.4 is 0 Å². The lowest BCUT2D eigenvalue weighted by Crippen LogP contribution is -2.42. The van der Waals surface area contributed by atoms with E-state index in [4.69, 9.17) is 4.52 Å². The number of nitrogens with zero attached hydrogens (tertiary/aromatic N) is 3. The van der Waals surface area contributed by atoms with E-state index in [1.54, 1.807) is 6.07 Å². The zero-order chi connectivity index (χ0) is 20.4. The molecule has 3 rings (SSSR count). The smallest absolute Gasteiger partial charge is 0.339 e. The van der Waals surface area contributed by atoms with E-state index in [2.05, 4.69) is 10.1 Å². The molecule has 2 aromatic rings. The van der Waals surface area contributed by atoms with Crippen molar-refractivity contribution in [2.45, 2.75) is 31.9 Å². The Morgan fingerprint density at radius 3 is 2.71 bits per heavy atom. The standard InChI is InChI=1S/C17H19F4N3O3S/c18-14-6-2-1-5-13(14)16-22-15(27-23-16)10-12-4-3-8-24(11-12)28(25,26)9-7-17(19,20)21/h1-2,5-6,12H,3-4,7-11H2. The Balaban J connectivity index is 1.63. The number of halogens is 4. The monoisotopic (exact) mass is 421 g/mol. The highest BCUT2D eigenvalue weighted by Crippen LogP contribution is 2.26. The van der Waals surface area contributed by atoms with Gasteiger partial charge in [-0.1, -0.05) is 17.3 Å². The maximum Gasteiger partial charge on any atom is 0.390 e. The molecule has 1 aromatic carbocycles. The molecule has 28 heavy (non-hydrogen) atoms. The van der Waals surface area contributed by atoms with Crippen LogP contribution >= 0.6 is 0 Å². The summed E-state index contributed by atoms with van der Waals surface area (Å²) < 4.78 is 81.5. The highest BCUT2D eigenvalue weighted by molar-refractivity contribution is 7.89. The van der Waals surface area contributed by atoms with Gasteiger partial charge in [0.1, 0.15) is 5.82 Å². The van der Waals surface area contributed by atoms with Gasteiger partial charge in [0.2, 0.25) is 21.7 Å². The van der Waals surface area contributed by atoms with Crippen LogP contribution in [-0.4, -0.2) is 47.9 Å². The fourth-order valence-corrected chi connectivity index (χ4v) is 4.75. The summed E-state index contributed by atoms with van der Waals surface area (Å²) >= 11 is 0. The Morgan fingerprint density at radius 2 is 2.00 bits per heavy atom. The van der Waals surface area contributed by atoms with Crippen molar-refractivity contribution in [3.05, 3.63) is 36.0 Å². The molecule has 0 spiro atoms. The van der Waals surface area contributed by atoms with E-state index in [1.165, 1.54) is 18.2 Å². The average molecular weight is 421 g/mol. The molecular weight excluding hydrogens is 402 g/mol. The summed E-state index contributed by atoms with van der Waals surface area (Å²) in [6.45, 7) is 0.290. The summed E-state index contributed by atoms with van der Waals surface area (Å²) in [4.78, 5) is 4.16. The SMILES string of the molecule is O=S(=O)(CCC(F)(F)F)N1CCCC(Cc2nc(-c3ccccc3F)no2)C1. The van der Waals surface area contributed by atoms with E-state index >= 15 is 0 Å². The van der Waals surface area contributed by atoms with Crippen molar-refractivity contribution in [2.24, 2.45) is 5.92 Å².